The maximum Gasteiger partial charge on any atom is 0.511 e. The van der Waals surface area contributed by atoms with Crippen LogP contribution in [0.25, 0.3) is 0 Å². The molecule has 0 heterocycles. The van der Waals surface area contributed by atoms with Crippen molar-refractivity contribution in [2.75, 3.05) is 6.54 Å². The molecule has 0 amide bonds. The van der Waals surface area contributed by atoms with Gasteiger partial charge in [-0.3, -0.25) is 0 Å². The molecule has 0 aliphatic rings. The Bertz CT molecular complexity index is 484. The van der Waals surface area contributed by atoms with Gasteiger partial charge >= 0.3 is 15.5 Å². The van der Waals surface area contributed by atoms with E-state index in [2.05, 4.69) is 0 Å². The van der Waals surface area contributed by atoms with Crippen LogP contribution in [0.3, 0.4) is 0 Å². The number of rotatable bonds is 4. The van der Waals surface area contributed by atoms with E-state index in [-0.39, 0.29) is 12.0 Å². The summed E-state index contributed by atoms with van der Waals surface area (Å²) in [4.78, 5) is 0. The molecule has 1 rings (SSSR count). The third-order valence-corrected chi connectivity index (χ3v) is 3.14. The minimum Gasteiger partial charge on any atom is -0.207 e. The number of halogens is 4. The van der Waals surface area contributed by atoms with Crippen LogP contribution in [0.5, 0.6) is 0 Å². The average molecular weight is 271 g/mol. The molecule has 0 aliphatic heterocycles. The molecule has 0 radical (unpaired) electrons. The van der Waals surface area contributed by atoms with Gasteiger partial charge in [0.2, 0.25) is 0 Å². The summed E-state index contributed by atoms with van der Waals surface area (Å²) in [6.45, 7) is -0.511. The standard InChI is InChI=1S/C9H9F4NO2S/c10-8-4-2-1-3-7(8)5-6-14-17(15,16)9(11,12)13/h1-4,14H,5-6H2. The Labute approximate surface area is 95.5 Å². The van der Waals surface area contributed by atoms with Crippen molar-refractivity contribution < 1.29 is 26.0 Å². The van der Waals surface area contributed by atoms with Gasteiger partial charge in [-0.1, -0.05) is 18.2 Å². The Kier molecular flexibility index (Phi) is 4.10. The molecule has 0 spiro atoms. The van der Waals surface area contributed by atoms with Crippen LogP contribution in [0.15, 0.2) is 24.3 Å². The molecule has 96 valence electrons. The van der Waals surface area contributed by atoms with Gasteiger partial charge in [-0.2, -0.15) is 13.2 Å². The molecule has 0 aromatic heterocycles. The lowest BCUT2D eigenvalue weighted by Crippen LogP contribution is -2.37. The van der Waals surface area contributed by atoms with Crippen molar-refractivity contribution >= 4 is 10.0 Å². The van der Waals surface area contributed by atoms with Crippen LogP contribution in [0, 0.1) is 5.82 Å². The minimum absolute atomic E-state index is 0.150. The highest BCUT2D eigenvalue weighted by atomic mass is 32.2. The van der Waals surface area contributed by atoms with Crippen LogP contribution in [0.4, 0.5) is 17.6 Å². The molecule has 1 aromatic rings. The number of hydrogen-bond acceptors (Lipinski definition) is 2. The third-order valence-electron chi connectivity index (χ3n) is 1.95. The monoisotopic (exact) mass is 271 g/mol. The maximum atomic E-state index is 13.0. The zero-order valence-electron chi connectivity index (χ0n) is 8.46. The van der Waals surface area contributed by atoms with Crippen LogP contribution in [0.2, 0.25) is 0 Å². The topological polar surface area (TPSA) is 46.2 Å². The van der Waals surface area contributed by atoms with Gasteiger partial charge in [0, 0.05) is 6.54 Å². The first-order valence-corrected chi connectivity index (χ1v) is 6.02. The van der Waals surface area contributed by atoms with Crippen molar-refractivity contribution in [3.05, 3.63) is 35.6 Å². The Morgan fingerprint density at radius 1 is 1.18 bits per heavy atom. The number of nitrogens with one attached hydrogen (secondary N) is 1. The zero-order valence-corrected chi connectivity index (χ0v) is 9.28. The van der Waals surface area contributed by atoms with Gasteiger partial charge in [-0.25, -0.2) is 17.5 Å². The van der Waals surface area contributed by atoms with Gasteiger partial charge in [0.05, 0.1) is 0 Å². The first-order chi connectivity index (χ1) is 7.74. The van der Waals surface area contributed by atoms with Crippen molar-refractivity contribution in [1.82, 2.24) is 4.72 Å². The average Bonchev–Trinajstić information content (AvgIpc) is 2.19. The Morgan fingerprint density at radius 3 is 2.29 bits per heavy atom. The van der Waals surface area contributed by atoms with Crippen LogP contribution >= 0.6 is 0 Å². The van der Waals surface area contributed by atoms with E-state index >= 15 is 0 Å². The summed E-state index contributed by atoms with van der Waals surface area (Å²) in [5, 5.41) is 0. The van der Waals surface area contributed by atoms with E-state index < -0.39 is 27.9 Å². The van der Waals surface area contributed by atoms with Gasteiger partial charge in [-0.15, -0.1) is 0 Å². The molecule has 0 saturated heterocycles. The molecule has 1 aromatic carbocycles. The van der Waals surface area contributed by atoms with Crippen LogP contribution < -0.4 is 4.72 Å². The largest absolute Gasteiger partial charge is 0.511 e. The van der Waals surface area contributed by atoms with E-state index in [1.165, 1.54) is 22.9 Å². The zero-order chi connectivity index (χ0) is 13.1. The maximum absolute atomic E-state index is 13.0. The van der Waals surface area contributed by atoms with E-state index in [1.807, 2.05) is 0 Å². The first kappa shape index (κ1) is 13.9. The highest BCUT2D eigenvalue weighted by molar-refractivity contribution is 7.90. The van der Waals surface area contributed by atoms with Crippen molar-refractivity contribution in [3.8, 4) is 0 Å². The van der Waals surface area contributed by atoms with Gasteiger partial charge in [0.25, 0.3) is 0 Å². The van der Waals surface area contributed by atoms with E-state index in [4.69, 9.17) is 0 Å². The second kappa shape index (κ2) is 5.01. The fourth-order valence-electron chi connectivity index (χ4n) is 1.10. The van der Waals surface area contributed by atoms with Gasteiger partial charge in [0.15, 0.2) is 0 Å². The summed E-state index contributed by atoms with van der Waals surface area (Å²) in [6, 6.07) is 5.46. The minimum atomic E-state index is -5.35. The summed E-state index contributed by atoms with van der Waals surface area (Å²) in [7, 11) is -5.35. The molecule has 0 unspecified atom stereocenters. The van der Waals surface area contributed by atoms with Gasteiger partial charge < -0.3 is 0 Å². The van der Waals surface area contributed by atoms with Crippen molar-refractivity contribution in [1.29, 1.82) is 0 Å². The highest BCUT2D eigenvalue weighted by Gasteiger charge is 2.45. The summed E-state index contributed by atoms with van der Waals surface area (Å²) >= 11 is 0. The first-order valence-electron chi connectivity index (χ1n) is 4.53. The van der Waals surface area contributed by atoms with E-state index in [1.54, 1.807) is 0 Å². The van der Waals surface area contributed by atoms with Crippen LogP contribution in [0.1, 0.15) is 5.56 Å². The van der Waals surface area contributed by atoms with Crippen LogP contribution in [-0.2, 0) is 16.4 Å². The van der Waals surface area contributed by atoms with Gasteiger partial charge in [0.1, 0.15) is 5.82 Å². The van der Waals surface area contributed by atoms with Gasteiger partial charge in [-0.05, 0) is 18.1 Å². The van der Waals surface area contributed by atoms with Crippen molar-refractivity contribution in [2.45, 2.75) is 11.9 Å². The Morgan fingerprint density at radius 2 is 1.76 bits per heavy atom. The third kappa shape index (κ3) is 3.67. The van der Waals surface area contributed by atoms with Crippen LogP contribution in [-0.4, -0.2) is 20.5 Å². The Hall–Kier alpha value is -1.15. The molecule has 0 fully saturated rings. The fraction of sp³-hybridized carbons (Fsp3) is 0.333. The highest BCUT2D eigenvalue weighted by Crippen LogP contribution is 2.21. The molecule has 0 bridgehead atoms. The van der Waals surface area contributed by atoms with Crippen molar-refractivity contribution in [2.24, 2.45) is 0 Å². The van der Waals surface area contributed by atoms with E-state index in [0.717, 1.165) is 6.07 Å². The predicted octanol–water partition coefficient (Wildman–Crippen LogP) is 1.81. The lowest BCUT2D eigenvalue weighted by atomic mass is 10.1. The molecule has 0 aliphatic carbocycles. The summed E-state index contributed by atoms with van der Waals surface area (Å²) in [5.41, 5.74) is -5.19. The predicted molar refractivity (Wildman–Crippen MR) is 53.1 cm³/mol. The number of alkyl halides is 3. The molecular weight excluding hydrogens is 262 g/mol. The quantitative estimate of drug-likeness (QED) is 0.849. The molecule has 0 atom stereocenters. The molecule has 17 heavy (non-hydrogen) atoms. The number of hydrogen-bond donors (Lipinski definition) is 1. The smallest absolute Gasteiger partial charge is 0.207 e. The van der Waals surface area contributed by atoms with Crippen molar-refractivity contribution in [3.63, 3.8) is 0 Å². The SMILES string of the molecule is O=S(=O)(NCCc1ccccc1F)C(F)(F)F. The Balaban J connectivity index is 2.58. The van der Waals surface area contributed by atoms with E-state index in [0.29, 0.717) is 0 Å². The molecular formula is C9H9F4NO2S. The molecule has 3 nitrogen and oxygen atoms in total. The fourth-order valence-corrected chi connectivity index (χ4v) is 1.64. The summed E-state index contributed by atoms with van der Waals surface area (Å²) in [5.74, 6) is -0.585. The lowest BCUT2D eigenvalue weighted by Gasteiger charge is -2.09. The number of sulfonamides is 1. The normalized spacial score (nSPS) is 12.7. The second-order valence-electron chi connectivity index (χ2n) is 3.18. The molecule has 1 N–H and O–H groups in total. The molecule has 0 saturated carbocycles. The second-order valence-corrected chi connectivity index (χ2v) is 4.94. The van der Waals surface area contributed by atoms with E-state index in [9.17, 15) is 26.0 Å². The summed E-state index contributed by atoms with van der Waals surface area (Å²) < 4.78 is 71.3. The number of benzene rings is 1. The molecule has 8 heteroatoms. The lowest BCUT2D eigenvalue weighted by molar-refractivity contribution is -0.0447. The summed E-state index contributed by atoms with van der Waals surface area (Å²) in [6.07, 6.45) is -0.151.